The van der Waals surface area contributed by atoms with Gasteiger partial charge < -0.3 is 10.2 Å². The van der Waals surface area contributed by atoms with Crippen molar-refractivity contribution in [2.45, 2.75) is 32.1 Å². The molecule has 1 aromatic carbocycles. The number of rotatable bonds is 5. The van der Waals surface area contributed by atoms with Crippen molar-refractivity contribution < 1.29 is 13.6 Å². The Hall–Kier alpha value is -3.36. The number of hydrogen-bond acceptors (Lipinski definition) is 5. The van der Waals surface area contributed by atoms with E-state index in [1.54, 1.807) is 24.4 Å². The lowest BCUT2D eigenvalue weighted by Crippen LogP contribution is -2.27. The molecule has 1 saturated heterocycles. The second-order valence-electron chi connectivity index (χ2n) is 7.65. The molecule has 30 heavy (non-hydrogen) atoms. The third-order valence-corrected chi connectivity index (χ3v) is 5.13. The van der Waals surface area contributed by atoms with Gasteiger partial charge in [0.15, 0.2) is 5.82 Å². The number of aromatic amines is 1. The maximum absolute atomic E-state index is 13.8. The maximum atomic E-state index is 13.8. The van der Waals surface area contributed by atoms with Crippen molar-refractivity contribution in [3.63, 3.8) is 0 Å². The van der Waals surface area contributed by atoms with Crippen LogP contribution in [-0.2, 0) is 0 Å². The van der Waals surface area contributed by atoms with E-state index in [1.165, 1.54) is 11.2 Å². The number of H-pyrrole nitrogens is 1. The zero-order valence-corrected chi connectivity index (χ0v) is 16.7. The summed E-state index contributed by atoms with van der Waals surface area (Å²) >= 11 is 0. The molecular weight excluding hydrogens is 390 g/mol. The summed E-state index contributed by atoms with van der Waals surface area (Å²) in [5.41, 5.74) is 2.79. The number of halogens is 2. The highest BCUT2D eigenvalue weighted by Gasteiger charge is 2.40. The van der Waals surface area contributed by atoms with Gasteiger partial charge in [-0.2, -0.15) is 5.10 Å². The first-order valence-corrected chi connectivity index (χ1v) is 9.73. The fraction of sp³-hybridized carbons (Fsp3) is 0.333. The van der Waals surface area contributed by atoms with E-state index >= 15 is 0 Å². The van der Waals surface area contributed by atoms with Gasteiger partial charge in [0.05, 0.1) is 12.2 Å². The first-order chi connectivity index (χ1) is 14.3. The lowest BCUT2D eigenvalue weighted by molar-refractivity contribution is 0.0257. The topological polar surface area (TPSA) is 86.8 Å². The van der Waals surface area contributed by atoms with Crippen LogP contribution in [0, 0.1) is 0 Å². The Morgan fingerprint density at radius 1 is 1.20 bits per heavy atom. The number of aromatic nitrogens is 4. The Labute approximate surface area is 172 Å². The van der Waals surface area contributed by atoms with E-state index in [9.17, 15) is 13.6 Å². The van der Waals surface area contributed by atoms with Crippen LogP contribution < -0.4 is 10.2 Å². The average molecular weight is 412 g/mol. The summed E-state index contributed by atoms with van der Waals surface area (Å²) in [5, 5.41) is 9.56. The van der Waals surface area contributed by atoms with Crippen molar-refractivity contribution in [2.24, 2.45) is 0 Å². The van der Waals surface area contributed by atoms with Gasteiger partial charge in [-0.25, -0.2) is 18.7 Å². The summed E-state index contributed by atoms with van der Waals surface area (Å²) in [5.74, 6) is -2.56. The monoisotopic (exact) mass is 412 g/mol. The summed E-state index contributed by atoms with van der Waals surface area (Å²) in [6.45, 7) is 3.83. The van der Waals surface area contributed by atoms with Crippen molar-refractivity contribution in [3.05, 3.63) is 54.0 Å². The van der Waals surface area contributed by atoms with Crippen LogP contribution in [0.5, 0.6) is 0 Å². The minimum atomic E-state index is -2.80. The van der Waals surface area contributed by atoms with Crippen molar-refractivity contribution in [3.8, 4) is 11.4 Å². The Morgan fingerprint density at radius 3 is 2.57 bits per heavy atom. The van der Waals surface area contributed by atoms with Gasteiger partial charge in [0.2, 0.25) is 0 Å². The van der Waals surface area contributed by atoms with Gasteiger partial charge in [0.25, 0.3) is 11.8 Å². The number of nitrogens with zero attached hydrogens (tertiary/aromatic N) is 4. The Balaban J connectivity index is 1.70. The number of amides is 1. The summed E-state index contributed by atoms with van der Waals surface area (Å²) in [6, 6.07) is 8.98. The van der Waals surface area contributed by atoms with Gasteiger partial charge in [-0.3, -0.25) is 9.89 Å². The van der Waals surface area contributed by atoms with E-state index in [-0.39, 0.29) is 30.4 Å². The molecule has 0 unspecified atom stereocenters. The highest BCUT2D eigenvalue weighted by molar-refractivity contribution is 6.07. The quantitative estimate of drug-likeness (QED) is 0.659. The Morgan fingerprint density at radius 2 is 1.97 bits per heavy atom. The summed E-state index contributed by atoms with van der Waals surface area (Å²) < 4.78 is 27.7. The fourth-order valence-corrected chi connectivity index (χ4v) is 3.44. The van der Waals surface area contributed by atoms with E-state index in [1.807, 2.05) is 12.1 Å². The number of hydrogen-bond donors (Lipinski definition) is 2. The zero-order chi connectivity index (χ0) is 21.3. The van der Waals surface area contributed by atoms with Gasteiger partial charge in [-0.05, 0) is 29.7 Å². The second-order valence-corrected chi connectivity index (χ2v) is 7.65. The fourth-order valence-electron chi connectivity index (χ4n) is 3.44. The molecule has 3 aromatic rings. The molecule has 1 aliphatic rings. The summed E-state index contributed by atoms with van der Waals surface area (Å²) in [6.07, 6.45) is 2.59. The molecule has 2 N–H and O–H groups in total. The van der Waals surface area contributed by atoms with E-state index in [4.69, 9.17) is 0 Å². The van der Waals surface area contributed by atoms with Crippen molar-refractivity contribution >= 4 is 17.4 Å². The third kappa shape index (κ3) is 4.00. The maximum Gasteiger partial charge on any atom is 0.266 e. The van der Waals surface area contributed by atoms with Crippen LogP contribution in [0.3, 0.4) is 0 Å². The molecule has 2 aromatic heterocycles. The molecule has 0 aliphatic carbocycles. The first kappa shape index (κ1) is 19.9. The first-order valence-electron chi connectivity index (χ1n) is 9.73. The number of carbonyl (C=O) groups excluding carboxylic acids is 1. The van der Waals surface area contributed by atoms with Gasteiger partial charge in [0.1, 0.15) is 17.7 Å². The SMILES string of the molecule is CC(C)c1ccc(C(=O)Nc2c(-c3ccn[nH]3)ncnc2N2CCC(F)(F)C2)cc1. The van der Waals surface area contributed by atoms with Gasteiger partial charge in [-0.15, -0.1) is 0 Å². The van der Waals surface area contributed by atoms with Crippen LogP contribution in [0.1, 0.15) is 42.1 Å². The number of nitrogens with one attached hydrogen (secondary N) is 2. The van der Waals surface area contributed by atoms with Crippen LogP contribution in [0.4, 0.5) is 20.3 Å². The molecule has 1 amide bonds. The third-order valence-electron chi connectivity index (χ3n) is 5.13. The van der Waals surface area contributed by atoms with Crippen LogP contribution in [-0.4, -0.2) is 45.1 Å². The van der Waals surface area contributed by atoms with Gasteiger partial charge in [-0.1, -0.05) is 26.0 Å². The minimum absolute atomic E-state index is 0.137. The number of alkyl halides is 2. The molecule has 0 bridgehead atoms. The van der Waals surface area contributed by atoms with Gasteiger partial charge >= 0.3 is 0 Å². The zero-order valence-electron chi connectivity index (χ0n) is 16.7. The van der Waals surface area contributed by atoms with E-state index in [0.717, 1.165) is 5.56 Å². The van der Waals surface area contributed by atoms with Crippen LogP contribution in [0.25, 0.3) is 11.4 Å². The molecule has 0 radical (unpaired) electrons. The largest absolute Gasteiger partial charge is 0.349 e. The smallest absolute Gasteiger partial charge is 0.266 e. The van der Waals surface area contributed by atoms with Crippen LogP contribution in [0.2, 0.25) is 0 Å². The van der Waals surface area contributed by atoms with Crippen molar-refractivity contribution in [1.82, 2.24) is 20.2 Å². The van der Waals surface area contributed by atoms with Crippen LogP contribution in [0.15, 0.2) is 42.9 Å². The molecule has 0 atom stereocenters. The molecule has 0 spiro atoms. The average Bonchev–Trinajstić information content (AvgIpc) is 3.37. The van der Waals surface area contributed by atoms with Crippen LogP contribution >= 0.6 is 0 Å². The molecule has 1 aliphatic heterocycles. The molecule has 3 heterocycles. The van der Waals surface area contributed by atoms with E-state index in [0.29, 0.717) is 22.9 Å². The summed E-state index contributed by atoms with van der Waals surface area (Å²) in [4.78, 5) is 22.9. The molecule has 4 rings (SSSR count). The lowest BCUT2D eigenvalue weighted by atomic mass is 10.0. The normalized spacial score (nSPS) is 15.6. The molecule has 1 fully saturated rings. The predicted molar refractivity (Wildman–Crippen MR) is 110 cm³/mol. The van der Waals surface area contributed by atoms with E-state index in [2.05, 4.69) is 39.3 Å². The Bertz CT molecular complexity index is 1030. The second kappa shape index (κ2) is 7.81. The highest BCUT2D eigenvalue weighted by Crippen LogP contribution is 2.37. The number of carbonyl (C=O) groups is 1. The molecular formula is C21H22F2N6O. The van der Waals surface area contributed by atoms with Crippen molar-refractivity contribution in [1.29, 1.82) is 0 Å². The molecule has 0 saturated carbocycles. The van der Waals surface area contributed by atoms with E-state index < -0.39 is 12.5 Å². The predicted octanol–water partition coefficient (Wildman–Crippen LogP) is 4.09. The molecule has 156 valence electrons. The standard InChI is InChI=1S/C21H22F2N6O/c1-13(2)14-3-5-15(6-4-14)20(30)27-18-17(16-7-9-26-28-16)24-12-25-19(18)29-10-8-21(22,23)11-29/h3-7,9,12-13H,8,10-11H2,1-2H3,(H,26,28)(H,27,30). The molecule has 9 heteroatoms. The molecule has 7 nitrogen and oxygen atoms in total. The number of benzene rings is 1. The van der Waals surface area contributed by atoms with Crippen molar-refractivity contribution in [2.75, 3.05) is 23.3 Å². The number of anilines is 2. The highest BCUT2D eigenvalue weighted by atomic mass is 19.3. The Kier molecular flexibility index (Phi) is 5.19. The minimum Gasteiger partial charge on any atom is -0.349 e. The van der Waals surface area contributed by atoms with Gasteiger partial charge in [0, 0.05) is 24.7 Å². The lowest BCUT2D eigenvalue weighted by Gasteiger charge is -2.22. The summed E-state index contributed by atoms with van der Waals surface area (Å²) in [7, 11) is 0.